The number of nitrogens with zero attached hydrogens (tertiary/aromatic N) is 2. The Bertz CT molecular complexity index is 548. The van der Waals surface area contributed by atoms with E-state index in [-0.39, 0.29) is 5.69 Å². The van der Waals surface area contributed by atoms with Crippen LogP contribution in [0.3, 0.4) is 0 Å². The lowest BCUT2D eigenvalue weighted by atomic mass is 10.1. The van der Waals surface area contributed by atoms with E-state index in [1.807, 2.05) is 24.1 Å². The Morgan fingerprint density at radius 3 is 2.56 bits per heavy atom. The van der Waals surface area contributed by atoms with Crippen molar-refractivity contribution in [2.75, 3.05) is 11.9 Å². The Balaban J connectivity index is 2.23. The zero-order valence-corrected chi connectivity index (χ0v) is 11.1. The molecule has 2 rings (SSSR count). The fourth-order valence-corrected chi connectivity index (χ4v) is 2.37. The monoisotopic (exact) mass is 262 g/mol. The first-order valence-corrected chi connectivity index (χ1v) is 6.51. The molecule has 1 aromatic carbocycles. The molecule has 0 amide bonds. The maximum Gasteiger partial charge on any atom is 0.355 e. The van der Waals surface area contributed by atoms with Crippen LogP contribution in [0.25, 0.3) is 0 Å². The zero-order chi connectivity index (χ0) is 13.1. The van der Waals surface area contributed by atoms with Crippen molar-refractivity contribution in [3.05, 3.63) is 40.9 Å². The molecule has 0 radical (unpaired) electrons. The number of carboxylic acid groups (broad SMARTS) is 1. The highest BCUT2D eigenvalue weighted by Crippen LogP contribution is 2.27. The van der Waals surface area contributed by atoms with Gasteiger partial charge in [-0.25, -0.2) is 9.78 Å². The molecule has 0 fully saturated rings. The van der Waals surface area contributed by atoms with Gasteiger partial charge in [-0.2, -0.15) is 0 Å². The summed E-state index contributed by atoms with van der Waals surface area (Å²) in [6, 6.07) is 8.16. The predicted octanol–water partition coefficient (Wildman–Crippen LogP) is 3.17. The number of carbonyl (C=O) groups is 1. The Hall–Kier alpha value is -1.88. The van der Waals surface area contributed by atoms with Crippen molar-refractivity contribution in [3.8, 4) is 0 Å². The van der Waals surface area contributed by atoms with Crippen molar-refractivity contribution in [2.45, 2.75) is 13.3 Å². The first kappa shape index (κ1) is 12.6. The number of aromatic carboxylic acids is 1. The van der Waals surface area contributed by atoms with Gasteiger partial charge in [0, 0.05) is 18.1 Å². The van der Waals surface area contributed by atoms with Crippen LogP contribution in [0.4, 0.5) is 10.8 Å². The number of carboxylic acids is 1. The average Bonchev–Trinajstić information content (AvgIpc) is 2.88. The highest BCUT2D eigenvalue weighted by molar-refractivity contribution is 7.14. The van der Waals surface area contributed by atoms with Crippen LogP contribution in [0, 0.1) is 0 Å². The van der Waals surface area contributed by atoms with Gasteiger partial charge in [0.05, 0.1) is 0 Å². The van der Waals surface area contributed by atoms with Crippen LogP contribution in [0.5, 0.6) is 0 Å². The minimum absolute atomic E-state index is 0.0898. The molecule has 18 heavy (non-hydrogen) atoms. The number of benzene rings is 1. The van der Waals surface area contributed by atoms with Crippen LogP contribution in [0.2, 0.25) is 0 Å². The van der Waals surface area contributed by atoms with Gasteiger partial charge in [0.25, 0.3) is 0 Å². The van der Waals surface area contributed by atoms with Gasteiger partial charge in [-0.1, -0.05) is 19.1 Å². The highest BCUT2D eigenvalue weighted by Gasteiger charge is 2.12. The highest BCUT2D eigenvalue weighted by atomic mass is 32.1. The van der Waals surface area contributed by atoms with Gasteiger partial charge in [-0.3, -0.25) is 0 Å². The second-order valence-electron chi connectivity index (χ2n) is 3.90. The molecular weight excluding hydrogens is 248 g/mol. The number of aryl methyl sites for hydroxylation is 1. The lowest BCUT2D eigenvalue weighted by Gasteiger charge is -2.15. The summed E-state index contributed by atoms with van der Waals surface area (Å²) in [6.07, 6.45) is 1.00. The summed E-state index contributed by atoms with van der Waals surface area (Å²) >= 11 is 1.32. The topological polar surface area (TPSA) is 53.4 Å². The Kier molecular flexibility index (Phi) is 3.62. The lowest BCUT2D eigenvalue weighted by molar-refractivity contribution is 0.0691. The smallest absolute Gasteiger partial charge is 0.355 e. The SMILES string of the molecule is CCc1ccc(N(C)c2nc(C(=O)O)cs2)cc1. The molecule has 0 bridgehead atoms. The second kappa shape index (κ2) is 5.18. The third kappa shape index (κ3) is 2.51. The average molecular weight is 262 g/mol. The summed E-state index contributed by atoms with van der Waals surface area (Å²) in [7, 11) is 1.88. The summed E-state index contributed by atoms with van der Waals surface area (Å²) in [4.78, 5) is 16.7. The fourth-order valence-electron chi connectivity index (χ4n) is 1.58. The van der Waals surface area contributed by atoms with Crippen molar-refractivity contribution in [3.63, 3.8) is 0 Å². The molecule has 4 nitrogen and oxygen atoms in total. The maximum absolute atomic E-state index is 10.8. The second-order valence-corrected chi connectivity index (χ2v) is 4.74. The first-order valence-electron chi connectivity index (χ1n) is 5.63. The van der Waals surface area contributed by atoms with Crippen molar-refractivity contribution < 1.29 is 9.90 Å². The fraction of sp³-hybridized carbons (Fsp3) is 0.231. The van der Waals surface area contributed by atoms with E-state index in [0.717, 1.165) is 12.1 Å². The van der Waals surface area contributed by atoms with Crippen molar-refractivity contribution in [1.82, 2.24) is 4.98 Å². The van der Waals surface area contributed by atoms with Crippen molar-refractivity contribution in [1.29, 1.82) is 0 Å². The summed E-state index contributed by atoms with van der Waals surface area (Å²) in [5, 5.41) is 11.1. The standard InChI is InChI=1S/C13H14N2O2S/c1-3-9-4-6-10(7-5-9)15(2)13-14-11(8-18-13)12(16)17/h4-8H,3H2,1-2H3,(H,16,17). The Morgan fingerprint density at radius 2 is 2.06 bits per heavy atom. The van der Waals surface area contributed by atoms with E-state index in [1.165, 1.54) is 16.9 Å². The first-order chi connectivity index (χ1) is 8.61. The molecule has 0 aliphatic rings. The lowest BCUT2D eigenvalue weighted by Crippen LogP contribution is -2.09. The molecule has 0 unspecified atom stereocenters. The van der Waals surface area contributed by atoms with E-state index < -0.39 is 5.97 Å². The van der Waals surface area contributed by atoms with Crippen LogP contribution in [-0.2, 0) is 6.42 Å². The molecule has 0 spiro atoms. The third-order valence-corrected chi connectivity index (χ3v) is 3.65. The van der Waals surface area contributed by atoms with E-state index >= 15 is 0 Å². The number of anilines is 2. The summed E-state index contributed by atoms with van der Waals surface area (Å²) < 4.78 is 0. The molecule has 0 aliphatic carbocycles. The molecule has 2 aromatic rings. The minimum Gasteiger partial charge on any atom is -0.476 e. The molecule has 1 aromatic heterocycles. The summed E-state index contributed by atoms with van der Waals surface area (Å²) in [5.74, 6) is -0.993. The molecule has 0 saturated carbocycles. The number of aromatic nitrogens is 1. The largest absolute Gasteiger partial charge is 0.476 e. The molecule has 0 saturated heterocycles. The quantitative estimate of drug-likeness (QED) is 0.919. The third-order valence-electron chi connectivity index (χ3n) is 2.73. The van der Waals surface area contributed by atoms with E-state index in [4.69, 9.17) is 5.11 Å². The van der Waals surface area contributed by atoms with E-state index in [0.29, 0.717) is 5.13 Å². The van der Waals surface area contributed by atoms with Crippen LogP contribution < -0.4 is 4.90 Å². The number of thiazole rings is 1. The Morgan fingerprint density at radius 1 is 1.39 bits per heavy atom. The van der Waals surface area contributed by atoms with Crippen LogP contribution >= 0.6 is 11.3 Å². The number of hydrogen-bond donors (Lipinski definition) is 1. The van der Waals surface area contributed by atoms with E-state index in [9.17, 15) is 4.79 Å². The number of rotatable bonds is 4. The zero-order valence-electron chi connectivity index (χ0n) is 10.3. The van der Waals surface area contributed by atoms with Gasteiger partial charge in [0.15, 0.2) is 10.8 Å². The van der Waals surface area contributed by atoms with Crippen molar-refractivity contribution >= 4 is 28.1 Å². The maximum atomic E-state index is 10.8. The molecule has 0 aliphatic heterocycles. The van der Waals surface area contributed by atoms with Gasteiger partial charge in [0.1, 0.15) is 0 Å². The predicted molar refractivity (Wildman–Crippen MR) is 73.0 cm³/mol. The van der Waals surface area contributed by atoms with Gasteiger partial charge in [0.2, 0.25) is 0 Å². The molecule has 5 heteroatoms. The normalized spacial score (nSPS) is 10.3. The van der Waals surface area contributed by atoms with Gasteiger partial charge in [-0.15, -0.1) is 11.3 Å². The molecule has 94 valence electrons. The van der Waals surface area contributed by atoms with Crippen LogP contribution in [0.1, 0.15) is 23.0 Å². The van der Waals surface area contributed by atoms with Gasteiger partial charge in [-0.05, 0) is 24.1 Å². The van der Waals surface area contributed by atoms with Crippen LogP contribution in [0.15, 0.2) is 29.6 Å². The molecule has 0 atom stereocenters. The summed E-state index contributed by atoms with van der Waals surface area (Å²) in [5.41, 5.74) is 2.36. The number of hydrogen-bond acceptors (Lipinski definition) is 4. The van der Waals surface area contributed by atoms with Gasteiger partial charge >= 0.3 is 5.97 Å². The van der Waals surface area contributed by atoms with Gasteiger partial charge < -0.3 is 10.0 Å². The molecule has 1 heterocycles. The van der Waals surface area contributed by atoms with Crippen molar-refractivity contribution in [2.24, 2.45) is 0 Å². The molecular formula is C13H14N2O2S. The summed E-state index contributed by atoms with van der Waals surface area (Å²) in [6.45, 7) is 2.11. The molecule has 1 N–H and O–H groups in total. The minimum atomic E-state index is -0.993. The Labute approximate surface area is 110 Å². The van der Waals surface area contributed by atoms with E-state index in [2.05, 4.69) is 24.0 Å². The van der Waals surface area contributed by atoms with Crippen LogP contribution in [-0.4, -0.2) is 23.1 Å². The van der Waals surface area contributed by atoms with E-state index in [1.54, 1.807) is 5.38 Å².